The molecule has 2 nitrogen and oxygen atoms in total. The van der Waals surface area contributed by atoms with Crippen molar-refractivity contribution < 1.29 is 13.6 Å². The van der Waals surface area contributed by atoms with Crippen molar-refractivity contribution in [2.24, 2.45) is 0 Å². The summed E-state index contributed by atoms with van der Waals surface area (Å²) in [6.07, 6.45) is -0.948. The molecule has 0 spiro atoms. The van der Waals surface area contributed by atoms with E-state index in [0.29, 0.717) is 17.4 Å². The Hall–Kier alpha value is -1.03. The van der Waals surface area contributed by atoms with Crippen molar-refractivity contribution in [2.75, 3.05) is 0 Å². The van der Waals surface area contributed by atoms with Gasteiger partial charge in [0.2, 0.25) is 0 Å². The number of hydrogen-bond acceptors (Lipinski definition) is 2. The smallest absolute Gasteiger partial charge is 0.280 e. The second-order valence-electron chi connectivity index (χ2n) is 2.75. The van der Waals surface area contributed by atoms with Crippen molar-refractivity contribution in [3.8, 4) is 0 Å². The largest absolute Gasteiger partial charge is 0.298 e. The van der Waals surface area contributed by atoms with Crippen LogP contribution in [0.3, 0.4) is 0 Å². The normalized spacial score (nSPS) is 10.6. The quantitative estimate of drug-likeness (QED) is 0.578. The highest BCUT2D eigenvalue weighted by molar-refractivity contribution is 6.17. The number of carbonyl (C=O) groups excluding carboxylic acids is 1. The minimum atomic E-state index is -2.66. The number of rotatable bonds is 3. The van der Waals surface area contributed by atoms with Crippen LogP contribution in [0.1, 0.15) is 33.6 Å². The average Bonchev–Trinajstić information content (AvgIpc) is 2.17. The first-order chi connectivity index (χ1) is 6.61. The number of pyridine rings is 1. The van der Waals surface area contributed by atoms with E-state index in [1.807, 2.05) is 0 Å². The van der Waals surface area contributed by atoms with Gasteiger partial charge in [0.25, 0.3) is 6.43 Å². The summed E-state index contributed by atoms with van der Waals surface area (Å²) in [4.78, 5) is 14.0. The lowest BCUT2D eigenvalue weighted by Gasteiger charge is -2.09. The standard InChI is InChI=1S/C9H8ClF2NO/c1-5-6(4-14)3-13-8(9(11)12)7(5)2-10/h3-4,9H,2H2,1H3. The van der Waals surface area contributed by atoms with Crippen molar-refractivity contribution in [1.82, 2.24) is 4.98 Å². The third kappa shape index (κ3) is 1.90. The van der Waals surface area contributed by atoms with E-state index in [4.69, 9.17) is 11.6 Å². The predicted octanol–water partition coefficient (Wildman–Crippen LogP) is 2.88. The van der Waals surface area contributed by atoms with Gasteiger partial charge in [0.05, 0.1) is 0 Å². The maximum absolute atomic E-state index is 12.4. The van der Waals surface area contributed by atoms with E-state index >= 15 is 0 Å². The molecule has 0 fully saturated rings. The molecule has 0 aliphatic heterocycles. The van der Waals surface area contributed by atoms with Crippen LogP contribution in [0, 0.1) is 6.92 Å². The van der Waals surface area contributed by atoms with E-state index in [1.165, 1.54) is 0 Å². The van der Waals surface area contributed by atoms with Crippen LogP contribution in [0.15, 0.2) is 6.20 Å². The number of carbonyl (C=O) groups is 1. The third-order valence-corrected chi connectivity index (χ3v) is 2.27. The molecule has 14 heavy (non-hydrogen) atoms. The van der Waals surface area contributed by atoms with E-state index in [9.17, 15) is 13.6 Å². The molecular formula is C9H8ClF2NO. The first kappa shape index (κ1) is 11.0. The van der Waals surface area contributed by atoms with Crippen molar-refractivity contribution >= 4 is 17.9 Å². The number of hydrogen-bond donors (Lipinski definition) is 0. The maximum Gasteiger partial charge on any atom is 0.280 e. The highest BCUT2D eigenvalue weighted by Crippen LogP contribution is 2.25. The Kier molecular flexibility index (Phi) is 3.52. The summed E-state index contributed by atoms with van der Waals surface area (Å²) in [5, 5.41) is 0. The SMILES string of the molecule is Cc1c(C=O)cnc(C(F)F)c1CCl. The summed E-state index contributed by atoms with van der Waals surface area (Å²) in [6.45, 7) is 1.58. The van der Waals surface area contributed by atoms with Crippen LogP contribution in [0.2, 0.25) is 0 Å². The molecule has 0 aliphatic rings. The monoisotopic (exact) mass is 219 g/mol. The highest BCUT2D eigenvalue weighted by Gasteiger charge is 2.17. The van der Waals surface area contributed by atoms with Crippen LogP contribution < -0.4 is 0 Å². The van der Waals surface area contributed by atoms with Crippen LogP contribution in [-0.2, 0) is 5.88 Å². The van der Waals surface area contributed by atoms with E-state index < -0.39 is 6.43 Å². The van der Waals surface area contributed by atoms with Crippen LogP contribution in [0.5, 0.6) is 0 Å². The van der Waals surface area contributed by atoms with Gasteiger partial charge in [0.1, 0.15) is 5.69 Å². The number of aromatic nitrogens is 1. The molecule has 0 aliphatic carbocycles. The molecule has 0 atom stereocenters. The first-order valence-corrected chi connectivity index (χ1v) is 4.43. The molecule has 0 amide bonds. The Morgan fingerprint density at radius 1 is 1.64 bits per heavy atom. The molecule has 0 saturated carbocycles. The molecule has 0 aromatic carbocycles. The highest BCUT2D eigenvalue weighted by atomic mass is 35.5. The number of aldehydes is 1. The van der Waals surface area contributed by atoms with Gasteiger partial charge in [-0.25, -0.2) is 8.78 Å². The second-order valence-corrected chi connectivity index (χ2v) is 3.02. The molecular weight excluding hydrogens is 212 g/mol. The first-order valence-electron chi connectivity index (χ1n) is 3.89. The Bertz CT molecular complexity index is 355. The minimum Gasteiger partial charge on any atom is -0.298 e. The van der Waals surface area contributed by atoms with Crippen LogP contribution in [0.4, 0.5) is 8.78 Å². The van der Waals surface area contributed by atoms with Gasteiger partial charge in [-0.15, -0.1) is 11.6 Å². The van der Waals surface area contributed by atoms with Crippen molar-refractivity contribution in [2.45, 2.75) is 19.2 Å². The van der Waals surface area contributed by atoms with Gasteiger partial charge in [-0.3, -0.25) is 9.78 Å². The summed E-state index contributed by atoms with van der Waals surface area (Å²) >= 11 is 5.52. The van der Waals surface area contributed by atoms with E-state index in [-0.39, 0.29) is 17.1 Å². The van der Waals surface area contributed by atoms with Gasteiger partial charge in [0, 0.05) is 17.6 Å². The summed E-state index contributed by atoms with van der Waals surface area (Å²) in [5.74, 6) is -0.0693. The molecule has 0 unspecified atom stereocenters. The van der Waals surface area contributed by atoms with Gasteiger partial charge in [-0.1, -0.05) is 0 Å². The maximum atomic E-state index is 12.4. The summed E-state index contributed by atoms with van der Waals surface area (Å²) in [6, 6.07) is 0. The Labute approximate surface area is 84.9 Å². The zero-order valence-corrected chi connectivity index (χ0v) is 8.18. The molecule has 0 radical (unpaired) electrons. The summed E-state index contributed by atoms with van der Waals surface area (Å²) in [5.41, 5.74) is 0.666. The third-order valence-electron chi connectivity index (χ3n) is 2.00. The van der Waals surface area contributed by atoms with Crippen molar-refractivity contribution in [1.29, 1.82) is 0 Å². The fourth-order valence-electron chi connectivity index (χ4n) is 1.16. The number of alkyl halides is 3. The van der Waals surface area contributed by atoms with Gasteiger partial charge in [-0.05, 0) is 18.1 Å². The molecule has 0 bridgehead atoms. The van der Waals surface area contributed by atoms with Crippen LogP contribution in [0.25, 0.3) is 0 Å². The number of halogens is 3. The molecule has 0 saturated heterocycles. The molecule has 1 rings (SSSR count). The fraction of sp³-hybridized carbons (Fsp3) is 0.333. The Morgan fingerprint density at radius 2 is 2.29 bits per heavy atom. The summed E-state index contributed by atoms with van der Waals surface area (Å²) in [7, 11) is 0. The lowest BCUT2D eigenvalue weighted by molar-refractivity contribution is 0.112. The van der Waals surface area contributed by atoms with Crippen LogP contribution >= 0.6 is 11.6 Å². The molecule has 1 aromatic heterocycles. The zero-order valence-electron chi connectivity index (χ0n) is 7.43. The van der Waals surface area contributed by atoms with Crippen LogP contribution in [-0.4, -0.2) is 11.3 Å². The zero-order chi connectivity index (χ0) is 10.7. The summed E-state index contributed by atoms with van der Waals surface area (Å²) < 4.78 is 24.8. The second kappa shape index (κ2) is 4.46. The molecule has 5 heteroatoms. The number of nitrogens with zero attached hydrogens (tertiary/aromatic N) is 1. The topological polar surface area (TPSA) is 30.0 Å². The minimum absolute atomic E-state index is 0.0693. The molecule has 1 heterocycles. The van der Waals surface area contributed by atoms with Gasteiger partial charge in [-0.2, -0.15) is 0 Å². The molecule has 76 valence electrons. The van der Waals surface area contributed by atoms with E-state index in [2.05, 4.69) is 4.98 Å². The average molecular weight is 220 g/mol. The van der Waals surface area contributed by atoms with Crippen molar-refractivity contribution in [3.05, 3.63) is 28.6 Å². The lowest BCUT2D eigenvalue weighted by atomic mass is 10.0. The van der Waals surface area contributed by atoms with Crippen molar-refractivity contribution in [3.63, 3.8) is 0 Å². The predicted molar refractivity (Wildman–Crippen MR) is 48.9 cm³/mol. The lowest BCUT2D eigenvalue weighted by Crippen LogP contribution is -2.03. The molecule has 1 aromatic rings. The van der Waals surface area contributed by atoms with E-state index in [1.54, 1.807) is 6.92 Å². The van der Waals surface area contributed by atoms with Gasteiger partial charge >= 0.3 is 0 Å². The van der Waals surface area contributed by atoms with Gasteiger partial charge < -0.3 is 0 Å². The fourth-order valence-corrected chi connectivity index (χ4v) is 1.49. The van der Waals surface area contributed by atoms with E-state index in [0.717, 1.165) is 6.20 Å². The van der Waals surface area contributed by atoms with Gasteiger partial charge in [0.15, 0.2) is 6.29 Å². The Morgan fingerprint density at radius 3 is 2.71 bits per heavy atom. The molecule has 0 N–H and O–H groups in total. The Balaban J connectivity index is 3.35.